The molecule has 0 aliphatic carbocycles. The average Bonchev–Trinajstić information content (AvgIpc) is 2.79. The quantitative estimate of drug-likeness (QED) is 0.422. The maximum absolute atomic E-state index is 14.8. The van der Waals surface area contributed by atoms with Gasteiger partial charge in [0.15, 0.2) is 23.1 Å². The van der Waals surface area contributed by atoms with E-state index < -0.39 is 11.8 Å². The highest BCUT2D eigenvalue weighted by molar-refractivity contribution is 6.35. The Morgan fingerprint density at radius 1 is 1.12 bits per heavy atom. The van der Waals surface area contributed by atoms with E-state index in [4.69, 9.17) is 38.4 Å². The van der Waals surface area contributed by atoms with Crippen molar-refractivity contribution in [3.8, 4) is 17.1 Å². The van der Waals surface area contributed by atoms with E-state index >= 15 is 0 Å². The zero-order valence-corrected chi connectivity index (χ0v) is 18.0. The van der Waals surface area contributed by atoms with Crippen molar-refractivity contribution in [1.82, 2.24) is 19.9 Å². The number of fused-ring (bicyclic) bond motifs is 1. The van der Waals surface area contributed by atoms with Crippen molar-refractivity contribution in [2.75, 3.05) is 12.8 Å². The summed E-state index contributed by atoms with van der Waals surface area (Å²) in [5.41, 5.74) is 7.33. The Morgan fingerprint density at radius 3 is 2.69 bits per heavy atom. The molecule has 0 saturated carbocycles. The number of ether oxygens (including phenoxy) is 2. The smallest absolute Gasteiger partial charge is 0.359 e. The van der Waals surface area contributed by atoms with E-state index in [0.29, 0.717) is 16.6 Å². The van der Waals surface area contributed by atoms with Gasteiger partial charge in [0, 0.05) is 18.0 Å². The molecule has 0 bridgehead atoms. The fraction of sp³-hybridized carbons (Fsp3) is 0.0952. The molecule has 2 N–H and O–H groups in total. The van der Waals surface area contributed by atoms with Gasteiger partial charge in [-0.15, -0.1) is 0 Å². The molecular formula is C21H14Cl2FN5O3. The largest absolute Gasteiger partial charge is 0.492 e. The van der Waals surface area contributed by atoms with Gasteiger partial charge in [0.1, 0.15) is 17.4 Å². The first-order valence-electron chi connectivity index (χ1n) is 9.11. The second kappa shape index (κ2) is 8.89. The predicted octanol–water partition coefficient (Wildman–Crippen LogP) is 4.48. The van der Waals surface area contributed by atoms with Crippen LogP contribution in [-0.2, 0) is 11.3 Å². The Balaban J connectivity index is 1.67. The van der Waals surface area contributed by atoms with Crippen molar-refractivity contribution in [3.05, 3.63) is 69.8 Å². The number of halogens is 3. The molecule has 0 aliphatic heterocycles. The number of carbonyl (C=O) groups excluding carboxylic acids is 1. The SMILES string of the molecule is COc1c(Cl)ccc(-c2nc(N)c(Cl)c(C(=O)OCc3cccc4nccnc34)n2)c1F. The van der Waals surface area contributed by atoms with Crippen LogP contribution < -0.4 is 10.5 Å². The molecular weight excluding hydrogens is 460 g/mol. The molecule has 2 heterocycles. The van der Waals surface area contributed by atoms with E-state index in [1.54, 1.807) is 24.4 Å². The maximum Gasteiger partial charge on any atom is 0.359 e. The summed E-state index contributed by atoms with van der Waals surface area (Å²) in [5.74, 6) is -2.26. The normalized spacial score (nSPS) is 10.9. The number of esters is 1. The topological polar surface area (TPSA) is 113 Å². The molecule has 0 fully saturated rings. The lowest BCUT2D eigenvalue weighted by Gasteiger charge is -2.12. The number of nitrogens with zero attached hydrogens (tertiary/aromatic N) is 4. The third-order valence-corrected chi connectivity index (χ3v) is 5.18. The molecule has 0 atom stereocenters. The Bertz CT molecular complexity index is 1350. The number of nitrogens with two attached hydrogens (primary N) is 1. The van der Waals surface area contributed by atoms with Crippen LogP contribution in [0, 0.1) is 5.82 Å². The molecule has 0 unspecified atom stereocenters. The monoisotopic (exact) mass is 473 g/mol. The van der Waals surface area contributed by atoms with Crippen molar-refractivity contribution in [2.45, 2.75) is 6.61 Å². The van der Waals surface area contributed by atoms with Crippen LogP contribution in [0.2, 0.25) is 10.0 Å². The van der Waals surface area contributed by atoms with E-state index in [1.807, 2.05) is 0 Å². The highest BCUT2D eigenvalue weighted by Crippen LogP contribution is 2.35. The zero-order chi connectivity index (χ0) is 22.8. The third-order valence-electron chi connectivity index (χ3n) is 4.51. The van der Waals surface area contributed by atoms with Gasteiger partial charge in [0.2, 0.25) is 0 Å². The summed E-state index contributed by atoms with van der Waals surface area (Å²) in [6, 6.07) is 8.06. The fourth-order valence-electron chi connectivity index (χ4n) is 2.99. The Kier molecular flexibility index (Phi) is 6.02. The number of anilines is 1. The lowest BCUT2D eigenvalue weighted by molar-refractivity contribution is 0.0467. The first-order chi connectivity index (χ1) is 15.4. The van der Waals surface area contributed by atoms with Gasteiger partial charge in [0.05, 0.1) is 28.7 Å². The highest BCUT2D eigenvalue weighted by atomic mass is 35.5. The van der Waals surface area contributed by atoms with Gasteiger partial charge in [-0.1, -0.05) is 35.3 Å². The summed E-state index contributed by atoms with van der Waals surface area (Å²) >= 11 is 12.1. The van der Waals surface area contributed by atoms with Crippen molar-refractivity contribution >= 4 is 46.0 Å². The van der Waals surface area contributed by atoms with Gasteiger partial charge < -0.3 is 15.2 Å². The van der Waals surface area contributed by atoms with Gasteiger partial charge in [-0.3, -0.25) is 9.97 Å². The van der Waals surface area contributed by atoms with Crippen LogP contribution in [0.1, 0.15) is 16.1 Å². The number of hydrogen-bond acceptors (Lipinski definition) is 8. The zero-order valence-electron chi connectivity index (χ0n) is 16.5. The minimum Gasteiger partial charge on any atom is -0.492 e. The molecule has 11 heteroatoms. The fourth-order valence-corrected chi connectivity index (χ4v) is 3.38. The van der Waals surface area contributed by atoms with Crippen LogP contribution in [0.3, 0.4) is 0 Å². The summed E-state index contributed by atoms with van der Waals surface area (Å²) in [4.78, 5) is 29.3. The summed E-state index contributed by atoms with van der Waals surface area (Å²) < 4.78 is 25.1. The Morgan fingerprint density at radius 2 is 1.91 bits per heavy atom. The van der Waals surface area contributed by atoms with Crippen LogP contribution in [0.4, 0.5) is 10.2 Å². The first-order valence-corrected chi connectivity index (χ1v) is 9.87. The van der Waals surface area contributed by atoms with Crippen LogP contribution in [0.15, 0.2) is 42.7 Å². The van der Waals surface area contributed by atoms with Gasteiger partial charge in [-0.05, 0) is 18.2 Å². The summed E-state index contributed by atoms with van der Waals surface area (Å²) in [5, 5.41) is -0.147. The summed E-state index contributed by atoms with van der Waals surface area (Å²) in [7, 11) is 1.27. The standard InChI is InChI=1S/C21H14Cl2FN5O3/c1-31-18-12(22)6-5-11(15(18)24)20-28-17(14(23)19(25)29-20)21(30)32-9-10-3-2-4-13-16(10)27-8-7-26-13/h2-8H,9H2,1H3,(H2,25,28,29). The second-order valence-electron chi connectivity index (χ2n) is 6.45. The minimum atomic E-state index is -0.868. The number of rotatable bonds is 5. The van der Waals surface area contributed by atoms with Crippen molar-refractivity contribution in [3.63, 3.8) is 0 Å². The number of methoxy groups -OCH3 is 1. The molecule has 2 aromatic heterocycles. The van der Waals surface area contributed by atoms with E-state index in [9.17, 15) is 9.18 Å². The van der Waals surface area contributed by atoms with Crippen molar-refractivity contribution < 1.29 is 18.7 Å². The van der Waals surface area contributed by atoms with Crippen molar-refractivity contribution in [2.24, 2.45) is 0 Å². The number of carbonyl (C=O) groups is 1. The molecule has 0 aliphatic rings. The number of nitrogen functional groups attached to an aromatic ring is 1. The molecule has 0 saturated heterocycles. The molecule has 4 rings (SSSR count). The lowest BCUT2D eigenvalue weighted by atomic mass is 10.1. The van der Waals surface area contributed by atoms with Gasteiger partial charge >= 0.3 is 5.97 Å². The minimum absolute atomic E-state index is 0.0634. The van der Waals surface area contributed by atoms with Gasteiger partial charge in [-0.25, -0.2) is 19.2 Å². The highest BCUT2D eigenvalue weighted by Gasteiger charge is 2.23. The molecule has 0 spiro atoms. The van der Waals surface area contributed by atoms with E-state index in [-0.39, 0.29) is 45.3 Å². The summed E-state index contributed by atoms with van der Waals surface area (Å²) in [6.45, 7) is -0.117. The summed E-state index contributed by atoms with van der Waals surface area (Å²) in [6.07, 6.45) is 3.10. The van der Waals surface area contributed by atoms with E-state index in [1.165, 1.54) is 25.4 Å². The predicted molar refractivity (Wildman–Crippen MR) is 117 cm³/mol. The van der Waals surface area contributed by atoms with Crippen LogP contribution in [0.5, 0.6) is 5.75 Å². The molecule has 4 aromatic rings. The van der Waals surface area contributed by atoms with Gasteiger partial charge in [0.25, 0.3) is 0 Å². The van der Waals surface area contributed by atoms with Crippen LogP contribution >= 0.6 is 23.2 Å². The molecule has 0 amide bonds. The first kappa shape index (κ1) is 21.7. The number of hydrogen-bond donors (Lipinski definition) is 1. The van der Waals surface area contributed by atoms with E-state index in [2.05, 4.69) is 19.9 Å². The molecule has 2 aromatic carbocycles. The molecule has 32 heavy (non-hydrogen) atoms. The molecule has 162 valence electrons. The van der Waals surface area contributed by atoms with Crippen molar-refractivity contribution in [1.29, 1.82) is 0 Å². The molecule has 0 radical (unpaired) electrons. The Hall–Kier alpha value is -3.56. The van der Waals surface area contributed by atoms with E-state index in [0.717, 1.165) is 0 Å². The lowest BCUT2D eigenvalue weighted by Crippen LogP contribution is -2.12. The third kappa shape index (κ3) is 4.00. The van der Waals surface area contributed by atoms with Gasteiger partial charge in [-0.2, -0.15) is 0 Å². The molecule has 8 nitrogen and oxygen atoms in total. The second-order valence-corrected chi connectivity index (χ2v) is 7.24. The van der Waals surface area contributed by atoms with Crippen LogP contribution in [-0.4, -0.2) is 33.0 Å². The number of benzene rings is 2. The number of para-hydroxylation sites is 1. The van der Waals surface area contributed by atoms with Crippen LogP contribution in [0.25, 0.3) is 22.4 Å². The Labute approximate surface area is 191 Å². The number of aromatic nitrogens is 4. The maximum atomic E-state index is 14.8. The average molecular weight is 474 g/mol.